The Bertz CT molecular complexity index is 907. The average molecular weight is 476 g/mol. The number of methoxy groups -OCH3 is 1. The average Bonchev–Trinajstić information content (AvgIpc) is 2.84. The lowest BCUT2D eigenvalue weighted by atomic mass is 9.95. The predicted molar refractivity (Wildman–Crippen MR) is 126 cm³/mol. The predicted octanol–water partition coefficient (Wildman–Crippen LogP) is 1.67. The van der Waals surface area contributed by atoms with Gasteiger partial charge in [-0.3, -0.25) is 25.1 Å². The number of urea groups is 1. The van der Waals surface area contributed by atoms with E-state index in [-0.39, 0.29) is 35.1 Å². The zero-order chi connectivity index (χ0) is 23.7. The van der Waals surface area contributed by atoms with Crippen LogP contribution in [-0.4, -0.2) is 84.1 Å². The maximum Gasteiger partial charge on any atom is 0.327 e. The molecule has 0 radical (unpaired) electrons. The van der Waals surface area contributed by atoms with E-state index in [0.29, 0.717) is 11.7 Å². The van der Waals surface area contributed by atoms with Crippen LogP contribution in [0.2, 0.25) is 0 Å². The van der Waals surface area contributed by atoms with Crippen LogP contribution in [0.4, 0.5) is 4.79 Å². The lowest BCUT2D eigenvalue weighted by Crippen LogP contribution is -2.72. The molecule has 3 heterocycles. The highest BCUT2D eigenvalue weighted by Crippen LogP contribution is 2.36. The van der Waals surface area contributed by atoms with E-state index in [1.54, 1.807) is 19.1 Å². The number of rotatable bonds is 5. The van der Waals surface area contributed by atoms with Crippen LogP contribution in [0.15, 0.2) is 24.3 Å². The Balaban J connectivity index is 1.56. The second-order valence-electron chi connectivity index (χ2n) is 9.06. The van der Waals surface area contributed by atoms with E-state index in [0.717, 1.165) is 36.4 Å². The van der Waals surface area contributed by atoms with Gasteiger partial charge in [-0.2, -0.15) is 0 Å². The lowest BCUT2D eigenvalue weighted by Gasteiger charge is -2.50. The van der Waals surface area contributed by atoms with Gasteiger partial charge >= 0.3 is 6.03 Å². The number of likely N-dealkylation sites (tertiary alicyclic amines) is 1. The summed E-state index contributed by atoms with van der Waals surface area (Å²) in [4.78, 5) is 43.3. The first-order chi connectivity index (χ1) is 15.8. The van der Waals surface area contributed by atoms with Crippen molar-refractivity contribution in [3.05, 3.63) is 29.8 Å². The summed E-state index contributed by atoms with van der Waals surface area (Å²) in [5.74, 6) is 0.956. The Morgan fingerprint density at radius 1 is 1.15 bits per heavy atom. The molecule has 4 rings (SSSR count). The van der Waals surface area contributed by atoms with Crippen LogP contribution in [-0.2, 0) is 9.59 Å². The fourth-order valence-corrected chi connectivity index (χ4v) is 6.00. The maximum absolute atomic E-state index is 13.1. The number of fused-ring (bicyclic) bond motifs is 1. The number of thioether (sulfide) groups is 1. The number of hydrogen-bond donors (Lipinski definition) is 2. The molecule has 33 heavy (non-hydrogen) atoms. The first kappa shape index (κ1) is 23.8. The molecular formula is C23H33N5O4S. The first-order valence-electron chi connectivity index (χ1n) is 11.4. The Hall–Kier alpha value is -2.30. The molecule has 3 fully saturated rings. The van der Waals surface area contributed by atoms with E-state index < -0.39 is 12.1 Å². The third kappa shape index (κ3) is 4.69. The van der Waals surface area contributed by atoms with E-state index in [9.17, 15) is 14.4 Å². The zero-order valence-electron chi connectivity index (χ0n) is 19.6. The van der Waals surface area contributed by atoms with E-state index >= 15 is 0 Å². The van der Waals surface area contributed by atoms with Gasteiger partial charge in [0.1, 0.15) is 5.75 Å². The Morgan fingerprint density at radius 3 is 2.55 bits per heavy atom. The van der Waals surface area contributed by atoms with Crippen LogP contribution < -0.4 is 15.4 Å². The summed E-state index contributed by atoms with van der Waals surface area (Å²) in [6.45, 7) is 3.79. The Kier molecular flexibility index (Phi) is 7.16. The van der Waals surface area contributed by atoms with Crippen molar-refractivity contribution in [2.45, 2.75) is 37.5 Å². The number of ether oxygens (including phenoxy) is 1. The summed E-state index contributed by atoms with van der Waals surface area (Å²) in [6.07, 6.45) is 1.20. The topological polar surface area (TPSA) is 94.2 Å². The summed E-state index contributed by atoms with van der Waals surface area (Å²) in [5.41, 5.74) is 0.882. The highest BCUT2D eigenvalue weighted by molar-refractivity contribution is 8.00. The molecule has 0 bridgehead atoms. The van der Waals surface area contributed by atoms with Crippen LogP contribution in [0.25, 0.3) is 0 Å². The largest absolute Gasteiger partial charge is 0.496 e. The molecule has 9 nitrogen and oxygen atoms in total. The van der Waals surface area contributed by atoms with Crippen molar-refractivity contribution in [3.63, 3.8) is 0 Å². The fourth-order valence-electron chi connectivity index (χ4n) is 4.79. The SMILES string of the molecule is COc1ccccc1C1NC(SCC(=O)N2CCC(C)CC2)C2C(=O)N(C)C(=O)N(C)C2N1. The van der Waals surface area contributed by atoms with E-state index in [4.69, 9.17) is 4.74 Å². The van der Waals surface area contributed by atoms with Crippen LogP contribution in [0.1, 0.15) is 31.5 Å². The van der Waals surface area contributed by atoms with Crippen molar-refractivity contribution in [3.8, 4) is 5.75 Å². The molecule has 4 unspecified atom stereocenters. The standard InChI is InChI=1S/C23H33N5O4S/c1-14-9-11-28(12-10-14)17(29)13-33-21-18-20(26(2)23(31)27(3)22(18)30)24-19(25-21)15-7-5-6-8-16(15)32-4/h5-8,14,18-21,24-25H,9-13H2,1-4H3. The molecule has 1 aromatic rings. The minimum Gasteiger partial charge on any atom is -0.496 e. The van der Waals surface area contributed by atoms with E-state index in [1.807, 2.05) is 29.2 Å². The third-order valence-electron chi connectivity index (χ3n) is 6.93. The molecule has 3 saturated heterocycles. The van der Waals surface area contributed by atoms with E-state index in [1.165, 1.54) is 18.8 Å². The van der Waals surface area contributed by atoms with Gasteiger partial charge in [0.05, 0.1) is 36.5 Å². The van der Waals surface area contributed by atoms with Crippen molar-refractivity contribution in [2.75, 3.05) is 40.0 Å². The molecular weight excluding hydrogens is 442 g/mol. The van der Waals surface area contributed by atoms with Gasteiger partial charge in [0.2, 0.25) is 11.8 Å². The second kappa shape index (κ2) is 9.90. The molecule has 3 aliphatic rings. The number of imide groups is 1. The molecule has 4 amide bonds. The quantitative estimate of drug-likeness (QED) is 0.669. The van der Waals surface area contributed by atoms with Gasteiger partial charge in [0, 0.05) is 32.7 Å². The third-order valence-corrected chi connectivity index (χ3v) is 8.13. The first-order valence-corrected chi connectivity index (χ1v) is 12.5. The molecule has 4 atom stereocenters. The number of para-hydroxylation sites is 1. The Morgan fingerprint density at radius 2 is 1.85 bits per heavy atom. The van der Waals surface area contributed by atoms with Crippen molar-refractivity contribution < 1.29 is 19.1 Å². The van der Waals surface area contributed by atoms with Crippen LogP contribution >= 0.6 is 11.8 Å². The van der Waals surface area contributed by atoms with Gasteiger partial charge in [0.25, 0.3) is 0 Å². The Labute approximate surface area is 199 Å². The number of benzene rings is 1. The molecule has 0 spiro atoms. The van der Waals surface area contributed by atoms with Gasteiger partial charge in [-0.05, 0) is 24.8 Å². The normalized spacial score (nSPS) is 28.7. The van der Waals surface area contributed by atoms with Crippen molar-refractivity contribution >= 4 is 29.6 Å². The number of nitrogens with zero attached hydrogens (tertiary/aromatic N) is 3. The van der Waals surface area contributed by atoms with Gasteiger partial charge in [-0.25, -0.2) is 4.79 Å². The maximum atomic E-state index is 13.1. The highest BCUT2D eigenvalue weighted by atomic mass is 32.2. The number of piperidine rings is 1. The van der Waals surface area contributed by atoms with Crippen LogP contribution in [0.3, 0.4) is 0 Å². The summed E-state index contributed by atoms with van der Waals surface area (Å²) >= 11 is 1.44. The lowest BCUT2D eigenvalue weighted by molar-refractivity contribution is -0.140. The monoisotopic (exact) mass is 475 g/mol. The number of hydrogen-bond acceptors (Lipinski definition) is 7. The van der Waals surface area contributed by atoms with Crippen LogP contribution in [0.5, 0.6) is 5.75 Å². The summed E-state index contributed by atoms with van der Waals surface area (Å²) in [6, 6.07) is 7.29. The summed E-state index contributed by atoms with van der Waals surface area (Å²) < 4.78 is 5.54. The molecule has 3 aliphatic heterocycles. The smallest absolute Gasteiger partial charge is 0.327 e. The fraction of sp³-hybridized carbons (Fsp3) is 0.609. The molecule has 10 heteroatoms. The van der Waals surface area contributed by atoms with Crippen molar-refractivity contribution in [1.82, 2.24) is 25.3 Å². The van der Waals surface area contributed by atoms with Gasteiger partial charge in [-0.15, -0.1) is 11.8 Å². The number of amides is 4. The second-order valence-corrected chi connectivity index (χ2v) is 10.2. The minimum atomic E-state index is -0.525. The molecule has 0 aromatic heterocycles. The molecule has 0 aliphatic carbocycles. The van der Waals surface area contributed by atoms with Gasteiger partial charge in [0.15, 0.2) is 0 Å². The zero-order valence-corrected chi connectivity index (χ0v) is 20.4. The van der Waals surface area contributed by atoms with Gasteiger partial charge in [-0.1, -0.05) is 25.1 Å². The number of carbonyl (C=O) groups excluding carboxylic acids is 3. The molecule has 0 saturated carbocycles. The van der Waals surface area contributed by atoms with Crippen molar-refractivity contribution in [1.29, 1.82) is 0 Å². The highest BCUT2D eigenvalue weighted by Gasteiger charge is 2.51. The van der Waals surface area contributed by atoms with Crippen LogP contribution in [0, 0.1) is 11.8 Å². The van der Waals surface area contributed by atoms with E-state index in [2.05, 4.69) is 17.6 Å². The number of carbonyl (C=O) groups is 3. The minimum absolute atomic E-state index is 0.0960. The van der Waals surface area contributed by atoms with Gasteiger partial charge < -0.3 is 14.5 Å². The summed E-state index contributed by atoms with van der Waals surface area (Å²) in [7, 11) is 4.82. The molecule has 1 aromatic carbocycles. The molecule has 180 valence electrons. The van der Waals surface area contributed by atoms with Crippen molar-refractivity contribution in [2.24, 2.45) is 11.8 Å². The summed E-state index contributed by atoms with van der Waals surface area (Å²) in [5, 5.41) is 6.58. The number of nitrogens with one attached hydrogen (secondary N) is 2. The molecule has 2 N–H and O–H groups in total.